The predicted octanol–water partition coefficient (Wildman–Crippen LogP) is 3.04. The lowest BCUT2D eigenvalue weighted by Crippen LogP contribution is -2.41. The molecule has 0 amide bonds. The molecule has 0 atom stereocenters. The highest BCUT2D eigenvalue weighted by molar-refractivity contribution is 14.0. The van der Waals surface area contributed by atoms with E-state index in [0.29, 0.717) is 6.54 Å². The highest BCUT2D eigenvalue weighted by Crippen LogP contribution is 2.28. The summed E-state index contributed by atoms with van der Waals surface area (Å²) in [5.74, 6) is 0.845. The summed E-state index contributed by atoms with van der Waals surface area (Å²) < 4.78 is 0. The molecule has 0 aromatic rings. The summed E-state index contributed by atoms with van der Waals surface area (Å²) in [6, 6.07) is 0. The second-order valence-electron chi connectivity index (χ2n) is 5.61. The first-order chi connectivity index (χ1) is 9.20. The Hall–Kier alpha value is -0.0400. The van der Waals surface area contributed by atoms with Crippen LogP contribution in [0.4, 0.5) is 0 Å². The lowest BCUT2D eigenvalue weighted by atomic mass is 9.85. The van der Waals surface area contributed by atoms with Crippen molar-refractivity contribution in [2.24, 2.45) is 4.99 Å². The van der Waals surface area contributed by atoms with Crippen molar-refractivity contribution in [1.82, 2.24) is 10.6 Å². The Labute approximate surface area is 141 Å². The first kappa shape index (κ1) is 20.0. The zero-order valence-corrected chi connectivity index (χ0v) is 15.4. The molecule has 0 bridgehead atoms. The maximum absolute atomic E-state index is 10.4. The molecule has 1 rings (SSSR count). The van der Waals surface area contributed by atoms with Crippen LogP contribution in [0.3, 0.4) is 0 Å². The molecule has 0 saturated heterocycles. The highest BCUT2D eigenvalue weighted by atomic mass is 127. The zero-order chi connectivity index (χ0) is 14.0. The quantitative estimate of drug-likeness (QED) is 0.268. The molecule has 0 unspecified atom stereocenters. The number of unbranched alkanes of at least 4 members (excludes halogenated alkanes) is 2. The van der Waals surface area contributed by atoms with Gasteiger partial charge in [0, 0.05) is 13.1 Å². The van der Waals surface area contributed by atoms with Gasteiger partial charge in [0.1, 0.15) is 0 Å². The first-order valence-corrected chi connectivity index (χ1v) is 7.95. The molecule has 4 nitrogen and oxygen atoms in total. The number of rotatable bonds is 7. The van der Waals surface area contributed by atoms with Crippen LogP contribution in [0.2, 0.25) is 0 Å². The number of aliphatic hydroxyl groups is 1. The number of aliphatic imine (C=N–C) groups is 1. The van der Waals surface area contributed by atoms with Crippen molar-refractivity contribution in [3.63, 3.8) is 0 Å². The minimum absolute atomic E-state index is 0. The molecule has 0 aromatic carbocycles. The molecule has 1 saturated carbocycles. The van der Waals surface area contributed by atoms with Gasteiger partial charge >= 0.3 is 0 Å². The average molecular weight is 397 g/mol. The van der Waals surface area contributed by atoms with Gasteiger partial charge in [-0.1, -0.05) is 39.0 Å². The van der Waals surface area contributed by atoms with E-state index in [1.807, 2.05) is 0 Å². The van der Waals surface area contributed by atoms with Gasteiger partial charge < -0.3 is 15.7 Å². The topological polar surface area (TPSA) is 56.7 Å². The highest BCUT2D eigenvalue weighted by Gasteiger charge is 2.28. The third-order valence-corrected chi connectivity index (χ3v) is 3.73. The van der Waals surface area contributed by atoms with Gasteiger partial charge in [0.2, 0.25) is 0 Å². The maximum atomic E-state index is 10.4. The van der Waals surface area contributed by atoms with E-state index in [1.54, 1.807) is 0 Å². The Morgan fingerprint density at radius 3 is 2.40 bits per heavy atom. The molecular formula is C15H32IN3O. The molecule has 120 valence electrons. The van der Waals surface area contributed by atoms with E-state index >= 15 is 0 Å². The third-order valence-electron chi connectivity index (χ3n) is 3.73. The van der Waals surface area contributed by atoms with Crippen LogP contribution in [0.25, 0.3) is 0 Å². The molecule has 0 heterocycles. The number of hydrogen-bond donors (Lipinski definition) is 3. The summed E-state index contributed by atoms with van der Waals surface area (Å²) in [5, 5.41) is 17.0. The molecule has 3 N–H and O–H groups in total. The second-order valence-corrected chi connectivity index (χ2v) is 5.61. The van der Waals surface area contributed by atoms with E-state index < -0.39 is 5.60 Å². The minimum Gasteiger partial charge on any atom is -0.388 e. The predicted molar refractivity (Wildman–Crippen MR) is 97.0 cm³/mol. The monoisotopic (exact) mass is 397 g/mol. The molecule has 0 radical (unpaired) electrons. The molecule has 0 aromatic heterocycles. The van der Waals surface area contributed by atoms with Gasteiger partial charge in [-0.25, -0.2) is 0 Å². The number of halogens is 1. The lowest BCUT2D eigenvalue weighted by molar-refractivity contribution is 0.0131. The fourth-order valence-electron chi connectivity index (χ4n) is 2.52. The van der Waals surface area contributed by atoms with E-state index in [9.17, 15) is 5.11 Å². The molecule has 0 spiro atoms. The van der Waals surface area contributed by atoms with Crippen LogP contribution in [0.1, 0.15) is 65.2 Å². The van der Waals surface area contributed by atoms with Crippen LogP contribution < -0.4 is 10.6 Å². The molecule has 1 fully saturated rings. The summed E-state index contributed by atoms with van der Waals surface area (Å²) in [4.78, 5) is 4.55. The standard InChI is InChI=1S/C15H31N3O.HI/c1-3-5-9-12-17-14(16-4-2)18-13-15(19)10-7-6-8-11-15;/h19H,3-13H2,1-2H3,(H2,16,17,18);1H. The fraction of sp³-hybridized carbons (Fsp3) is 0.933. The average Bonchev–Trinajstić information content (AvgIpc) is 2.42. The molecule has 5 heteroatoms. The normalized spacial score (nSPS) is 18.2. The summed E-state index contributed by atoms with van der Waals surface area (Å²) in [5.41, 5.74) is -0.565. The third kappa shape index (κ3) is 8.29. The van der Waals surface area contributed by atoms with E-state index in [0.717, 1.165) is 44.7 Å². The zero-order valence-electron chi connectivity index (χ0n) is 13.1. The molecule has 1 aliphatic rings. The number of nitrogens with one attached hydrogen (secondary N) is 2. The van der Waals surface area contributed by atoms with Crippen molar-refractivity contribution < 1.29 is 5.11 Å². The first-order valence-electron chi connectivity index (χ1n) is 7.95. The van der Waals surface area contributed by atoms with Gasteiger partial charge in [-0.15, -0.1) is 24.0 Å². The van der Waals surface area contributed by atoms with Crippen LogP contribution in [0.15, 0.2) is 4.99 Å². The van der Waals surface area contributed by atoms with E-state index in [-0.39, 0.29) is 24.0 Å². The van der Waals surface area contributed by atoms with Gasteiger partial charge in [0.15, 0.2) is 5.96 Å². The minimum atomic E-state index is -0.565. The van der Waals surface area contributed by atoms with Crippen molar-refractivity contribution >= 4 is 29.9 Å². The van der Waals surface area contributed by atoms with Crippen LogP contribution in [0.5, 0.6) is 0 Å². The van der Waals surface area contributed by atoms with Crippen LogP contribution in [-0.2, 0) is 0 Å². The van der Waals surface area contributed by atoms with Crippen molar-refractivity contribution in [1.29, 1.82) is 0 Å². The van der Waals surface area contributed by atoms with Crippen LogP contribution in [0, 0.1) is 0 Å². The van der Waals surface area contributed by atoms with Crippen molar-refractivity contribution in [3.05, 3.63) is 0 Å². The maximum Gasteiger partial charge on any atom is 0.191 e. The van der Waals surface area contributed by atoms with E-state index in [2.05, 4.69) is 29.5 Å². The summed E-state index contributed by atoms with van der Waals surface area (Å²) in [6.45, 7) is 6.61. The number of guanidine groups is 1. The van der Waals surface area contributed by atoms with Gasteiger partial charge in [0.05, 0.1) is 12.1 Å². The van der Waals surface area contributed by atoms with E-state index in [1.165, 1.54) is 25.7 Å². The Bertz CT molecular complexity index is 266. The molecule has 0 aliphatic heterocycles. The smallest absolute Gasteiger partial charge is 0.191 e. The van der Waals surface area contributed by atoms with Crippen molar-refractivity contribution in [3.8, 4) is 0 Å². The van der Waals surface area contributed by atoms with Crippen molar-refractivity contribution in [2.75, 3.05) is 19.6 Å². The Morgan fingerprint density at radius 2 is 1.80 bits per heavy atom. The fourth-order valence-corrected chi connectivity index (χ4v) is 2.52. The summed E-state index contributed by atoms with van der Waals surface area (Å²) >= 11 is 0. The van der Waals surface area contributed by atoms with Gasteiger partial charge in [-0.2, -0.15) is 0 Å². The van der Waals surface area contributed by atoms with Crippen LogP contribution in [-0.4, -0.2) is 36.3 Å². The van der Waals surface area contributed by atoms with E-state index in [4.69, 9.17) is 0 Å². The Morgan fingerprint density at radius 1 is 1.10 bits per heavy atom. The van der Waals surface area contributed by atoms with Gasteiger partial charge in [-0.3, -0.25) is 4.99 Å². The summed E-state index contributed by atoms with van der Waals surface area (Å²) in [6.07, 6.45) is 8.95. The number of hydrogen-bond acceptors (Lipinski definition) is 2. The van der Waals surface area contributed by atoms with Crippen LogP contribution >= 0.6 is 24.0 Å². The lowest BCUT2D eigenvalue weighted by Gasteiger charge is -2.30. The SMILES string of the molecule is CCCCCNC(=NCC1(O)CCCCC1)NCC.I. The Kier molecular flexibility index (Phi) is 11.6. The Balaban J connectivity index is 0.00000361. The van der Waals surface area contributed by atoms with Gasteiger partial charge in [0.25, 0.3) is 0 Å². The largest absolute Gasteiger partial charge is 0.388 e. The van der Waals surface area contributed by atoms with Crippen molar-refractivity contribution in [2.45, 2.75) is 70.8 Å². The molecule has 20 heavy (non-hydrogen) atoms. The summed E-state index contributed by atoms with van der Waals surface area (Å²) in [7, 11) is 0. The molecular weight excluding hydrogens is 365 g/mol. The second kappa shape index (κ2) is 11.6. The molecule has 1 aliphatic carbocycles. The number of nitrogens with zero attached hydrogens (tertiary/aromatic N) is 1. The van der Waals surface area contributed by atoms with Gasteiger partial charge in [-0.05, 0) is 26.2 Å².